The zero-order valence-electron chi connectivity index (χ0n) is 9.06. The van der Waals surface area contributed by atoms with Gasteiger partial charge in [-0.2, -0.15) is 5.10 Å². The van der Waals surface area contributed by atoms with Gasteiger partial charge in [0.2, 0.25) is 0 Å². The quantitative estimate of drug-likeness (QED) is 0.668. The van der Waals surface area contributed by atoms with Crippen LogP contribution in [0.15, 0.2) is 60.9 Å². The number of hydrogen-bond acceptors (Lipinski definition) is 3. The maximum absolute atomic E-state index is 4.19. The highest BCUT2D eigenvalue weighted by molar-refractivity contribution is 5.58. The minimum atomic E-state index is 0.717. The van der Waals surface area contributed by atoms with Crippen LogP contribution >= 0.6 is 0 Å². The van der Waals surface area contributed by atoms with Crippen LogP contribution in [0.1, 0.15) is 0 Å². The minimum Gasteiger partial charge on any atom is -0.221 e. The Bertz CT molecular complexity index is 585. The Kier molecular flexibility index (Phi) is 2.38. The van der Waals surface area contributed by atoms with E-state index in [1.807, 2.05) is 54.7 Å². The second kappa shape index (κ2) is 4.17. The molecule has 3 aromatic rings. The van der Waals surface area contributed by atoms with Gasteiger partial charge in [-0.15, -0.1) is 10.2 Å². The van der Waals surface area contributed by atoms with Crippen molar-refractivity contribution in [2.75, 3.05) is 0 Å². The third kappa shape index (κ3) is 1.92. The van der Waals surface area contributed by atoms with E-state index in [4.69, 9.17) is 0 Å². The first-order chi connectivity index (χ1) is 8.43. The van der Waals surface area contributed by atoms with Crippen LogP contribution < -0.4 is 0 Å². The molecule has 0 aliphatic carbocycles. The van der Waals surface area contributed by atoms with Gasteiger partial charge in [0.15, 0.2) is 5.82 Å². The molecule has 0 saturated heterocycles. The van der Waals surface area contributed by atoms with Crippen molar-refractivity contribution in [3.63, 3.8) is 0 Å². The molecule has 0 saturated carbocycles. The highest BCUT2D eigenvalue weighted by Crippen LogP contribution is 2.15. The topological polar surface area (TPSA) is 43.6 Å². The van der Waals surface area contributed by atoms with Crippen LogP contribution in [0.3, 0.4) is 0 Å². The summed E-state index contributed by atoms with van der Waals surface area (Å²) in [5, 5.41) is 12.4. The molecule has 0 unspecified atom stereocenters. The third-order valence-corrected chi connectivity index (χ3v) is 2.46. The van der Waals surface area contributed by atoms with Crippen molar-refractivity contribution in [2.24, 2.45) is 0 Å². The van der Waals surface area contributed by atoms with E-state index in [1.165, 1.54) is 0 Å². The van der Waals surface area contributed by atoms with E-state index in [1.54, 1.807) is 10.9 Å². The number of nitrogens with zero attached hydrogens (tertiary/aromatic N) is 4. The molecule has 2 heterocycles. The van der Waals surface area contributed by atoms with Crippen molar-refractivity contribution < 1.29 is 0 Å². The predicted octanol–water partition coefficient (Wildman–Crippen LogP) is 2.33. The van der Waals surface area contributed by atoms with Gasteiger partial charge in [-0.1, -0.05) is 30.3 Å². The molecule has 0 aliphatic heterocycles. The fourth-order valence-electron chi connectivity index (χ4n) is 1.61. The third-order valence-electron chi connectivity index (χ3n) is 2.46. The van der Waals surface area contributed by atoms with Gasteiger partial charge in [-0.3, -0.25) is 0 Å². The summed E-state index contributed by atoms with van der Waals surface area (Å²) in [6.07, 6.45) is 3.55. The summed E-state index contributed by atoms with van der Waals surface area (Å²) in [6, 6.07) is 15.7. The fraction of sp³-hybridized carbons (Fsp3) is 0. The molecule has 1 aromatic carbocycles. The standard InChI is InChI=1S/C13H10N4/c1-2-5-11(6-3-1)12-7-8-13(16-15-12)17-10-4-9-14-17/h1-10H. The molecular weight excluding hydrogens is 212 g/mol. The van der Waals surface area contributed by atoms with Crippen molar-refractivity contribution in [3.05, 3.63) is 60.9 Å². The predicted molar refractivity (Wildman–Crippen MR) is 64.6 cm³/mol. The lowest BCUT2D eigenvalue weighted by Gasteiger charge is -2.01. The normalized spacial score (nSPS) is 10.4. The first-order valence-corrected chi connectivity index (χ1v) is 5.33. The van der Waals surface area contributed by atoms with Crippen molar-refractivity contribution in [2.45, 2.75) is 0 Å². The molecule has 0 atom stereocenters. The fourth-order valence-corrected chi connectivity index (χ4v) is 1.61. The second-order valence-electron chi connectivity index (χ2n) is 3.59. The van der Waals surface area contributed by atoms with E-state index in [0.29, 0.717) is 0 Å². The van der Waals surface area contributed by atoms with E-state index in [-0.39, 0.29) is 0 Å². The van der Waals surface area contributed by atoms with Crippen molar-refractivity contribution in [1.82, 2.24) is 20.0 Å². The van der Waals surface area contributed by atoms with Crippen LogP contribution in [0.2, 0.25) is 0 Å². The minimum absolute atomic E-state index is 0.717. The largest absolute Gasteiger partial charge is 0.221 e. The molecule has 0 fully saturated rings. The first-order valence-electron chi connectivity index (χ1n) is 5.33. The van der Waals surface area contributed by atoms with Gasteiger partial charge in [0.25, 0.3) is 0 Å². The lowest BCUT2D eigenvalue weighted by molar-refractivity contribution is 0.816. The zero-order valence-corrected chi connectivity index (χ0v) is 9.06. The van der Waals surface area contributed by atoms with Gasteiger partial charge in [0.05, 0.1) is 5.69 Å². The zero-order chi connectivity index (χ0) is 11.5. The highest BCUT2D eigenvalue weighted by Gasteiger charge is 2.01. The monoisotopic (exact) mass is 222 g/mol. The van der Waals surface area contributed by atoms with E-state index >= 15 is 0 Å². The molecule has 0 aliphatic rings. The van der Waals surface area contributed by atoms with E-state index in [0.717, 1.165) is 17.1 Å². The highest BCUT2D eigenvalue weighted by atomic mass is 15.3. The summed E-state index contributed by atoms with van der Waals surface area (Å²) in [5.41, 5.74) is 1.92. The van der Waals surface area contributed by atoms with Gasteiger partial charge in [0, 0.05) is 18.0 Å². The van der Waals surface area contributed by atoms with Gasteiger partial charge in [-0.05, 0) is 18.2 Å². The van der Waals surface area contributed by atoms with E-state index < -0.39 is 0 Å². The summed E-state index contributed by atoms with van der Waals surface area (Å²) in [4.78, 5) is 0. The summed E-state index contributed by atoms with van der Waals surface area (Å²) < 4.78 is 1.68. The van der Waals surface area contributed by atoms with Crippen molar-refractivity contribution >= 4 is 0 Å². The number of rotatable bonds is 2. The van der Waals surface area contributed by atoms with E-state index in [2.05, 4.69) is 15.3 Å². The Morgan fingerprint density at radius 2 is 1.71 bits per heavy atom. The average Bonchev–Trinajstić information content (AvgIpc) is 2.94. The molecule has 3 rings (SSSR count). The molecule has 17 heavy (non-hydrogen) atoms. The van der Waals surface area contributed by atoms with Gasteiger partial charge >= 0.3 is 0 Å². The van der Waals surface area contributed by atoms with Gasteiger partial charge in [0.1, 0.15) is 0 Å². The van der Waals surface area contributed by atoms with E-state index in [9.17, 15) is 0 Å². The van der Waals surface area contributed by atoms with Crippen LogP contribution in [0, 0.1) is 0 Å². The Morgan fingerprint density at radius 1 is 0.824 bits per heavy atom. The number of benzene rings is 1. The molecule has 2 aromatic heterocycles. The molecule has 0 radical (unpaired) electrons. The van der Waals surface area contributed by atoms with Crippen LogP contribution in [0.25, 0.3) is 17.1 Å². The molecule has 4 nitrogen and oxygen atoms in total. The summed E-state index contributed by atoms with van der Waals surface area (Å²) in [7, 11) is 0. The van der Waals surface area contributed by atoms with Crippen molar-refractivity contribution in [1.29, 1.82) is 0 Å². The Labute approximate surface area is 98.6 Å². The lowest BCUT2D eigenvalue weighted by atomic mass is 10.1. The lowest BCUT2D eigenvalue weighted by Crippen LogP contribution is -1.99. The first kappa shape index (κ1) is 9.72. The van der Waals surface area contributed by atoms with Crippen LogP contribution in [-0.2, 0) is 0 Å². The molecule has 0 N–H and O–H groups in total. The van der Waals surface area contributed by atoms with Gasteiger partial charge < -0.3 is 0 Å². The molecule has 4 heteroatoms. The number of aromatic nitrogens is 4. The van der Waals surface area contributed by atoms with Crippen LogP contribution in [-0.4, -0.2) is 20.0 Å². The smallest absolute Gasteiger partial charge is 0.175 e. The van der Waals surface area contributed by atoms with Crippen LogP contribution in [0.5, 0.6) is 0 Å². The number of hydrogen-bond donors (Lipinski definition) is 0. The molecule has 0 amide bonds. The molecule has 0 bridgehead atoms. The SMILES string of the molecule is c1ccc(-c2ccc(-n3cccn3)nn2)cc1. The second-order valence-corrected chi connectivity index (χ2v) is 3.59. The van der Waals surface area contributed by atoms with Gasteiger partial charge in [-0.25, -0.2) is 4.68 Å². The molecular formula is C13H10N4. The summed E-state index contributed by atoms with van der Waals surface area (Å²) in [6.45, 7) is 0. The Hall–Kier alpha value is -2.49. The summed E-state index contributed by atoms with van der Waals surface area (Å²) >= 11 is 0. The van der Waals surface area contributed by atoms with Crippen molar-refractivity contribution in [3.8, 4) is 17.1 Å². The maximum atomic E-state index is 4.19. The molecule has 82 valence electrons. The summed E-state index contributed by atoms with van der Waals surface area (Å²) in [5.74, 6) is 0.717. The average molecular weight is 222 g/mol. The Balaban J connectivity index is 1.96. The molecule has 0 spiro atoms. The Morgan fingerprint density at radius 3 is 2.35 bits per heavy atom. The maximum Gasteiger partial charge on any atom is 0.175 e. The van der Waals surface area contributed by atoms with Crippen LogP contribution in [0.4, 0.5) is 0 Å².